The molecule has 0 aliphatic heterocycles. The molecule has 17 heteroatoms. The monoisotopic (exact) mass is 926 g/mol. The molecule has 2 heterocycles. The Morgan fingerprint density at radius 1 is 0.780 bits per heavy atom. The number of benzene rings is 2. The molecule has 50 heavy (non-hydrogen) atoms. The van der Waals surface area contributed by atoms with Crippen molar-refractivity contribution in [3.05, 3.63) is 109 Å². The quantitative estimate of drug-likeness (QED) is 0.132. The first-order valence-electron chi connectivity index (χ1n) is 14.0. The number of halogens is 4. The van der Waals surface area contributed by atoms with Crippen LogP contribution in [0.2, 0.25) is 0 Å². The molecule has 265 valence electrons. The van der Waals surface area contributed by atoms with Crippen LogP contribution in [-0.4, -0.2) is 59.1 Å². The predicted octanol–water partition coefficient (Wildman–Crippen LogP) is 3.06. The molecular weight excluding hydrogens is 884 g/mol. The van der Waals surface area contributed by atoms with Crippen molar-refractivity contribution in [2.45, 2.75) is 60.0 Å². The molecular formula is C33H42BF2I2N7NaO4. The van der Waals surface area contributed by atoms with Gasteiger partial charge in [0.25, 0.3) is 11.1 Å². The van der Waals surface area contributed by atoms with Crippen LogP contribution in [0.4, 0.5) is 20.4 Å². The standard InChI is InChI=1S/C16H16FIN4O2.C14H13FIN3O2.3CH4.B.Na.H/c1-20(2)9-19-14-8-15(23)21(11-4-5-11)16(24)22(14)13-6-3-10(18)7-12(13)17;1-17-12-7-13(20)18(9-3-4-9)14(21)19(12)11-5-2-8(16)6-10(11)15;;;;;;/h3,6-9,11H,4-5H2,1-2H3;2,5-7,9,17H,3-4H2,1H3;3*1H4;;;/q;;;;;;+1;-1. The largest absolute Gasteiger partial charge is 1.00 e. The van der Waals surface area contributed by atoms with Gasteiger partial charge in [0.15, 0.2) is 0 Å². The minimum atomic E-state index is -0.559. The Hall–Kier alpha value is -2.55. The zero-order chi connectivity index (χ0) is 32.6. The predicted molar refractivity (Wildman–Crippen MR) is 213 cm³/mol. The average Bonchev–Trinajstić information content (AvgIpc) is 3.89. The molecule has 0 atom stereocenters. The fraction of sp³-hybridized carbons (Fsp3) is 0.364. The van der Waals surface area contributed by atoms with E-state index < -0.39 is 28.6 Å². The molecule has 11 nitrogen and oxygen atoms in total. The Labute approximate surface area is 343 Å². The maximum Gasteiger partial charge on any atom is 1.00 e. The SMILES string of the molecule is C.C.C.CN(C)C=Nc1cc(=O)n(C2CC2)c(=O)n1-c1ccc(I)cc1F.CNc1cc(=O)n(C2CC2)c(=O)n1-c1ccc(I)cc1F.[B].[H-].[Na+]. The second-order valence-corrected chi connectivity index (χ2v) is 13.3. The molecule has 4 aromatic rings. The summed E-state index contributed by atoms with van der Waals surface area (Å²) in [6.07, 6.45) is 4.65. The fourth-order valence-electron chi connectivity index (χ4n) is 4.68. The summed E-state index contributed by atoms with van der Waals surface area (Å²) in [4.78, 5) is 55.6. The van der Waals surface area contributed by atoms with Crippen molar-refractivity contribution in [2.24, 2.45) is 4.99 Å². The van der Waals surface area contributed by atoms with Crippen LogP contribution in [0.25, 0.3) is 11.4 Å². The Kier molecular flexibility index (Phi) is 18.9. The molecule has 2 aromatic heterocycles. The van der Waals surface area contributed by atoms with Gasteiger partial charge in [-0.3, -0.25) is 18.7 Å². The van der Waals surface area contributed by atoms with Crippen LogP contribution in [0.15, 0.2) is 72.7 Å². The minimum absolute atomic E-state index is 0. The summed E-state index contributed by atoms with van der Waals surface area (Å²) in [5, 5.41) is 2.79. The molecule has 2 aliphatic carbocycles. The number of aromatic nitrogens is 4. The molecule has 2 saturated carbocycles. The van der Waals surface area contributed by atoms with Gasteiger partial charge >= 0.3 is 40.9 Å². The van der Waals surface area contributed by atoms with Gasteiger partial charge in [-0.05, 0) is 107 Å². The van der Waals surface area contributed by atoms with Gasteiger partial charge in [0.1, 0.15) is 23.3 Å². The molecule has 2 aliphatic rings. The fourth-order valence-corrected chi connectivity index (χ4v) is 5.58. The van der Waals surface area contributed by atoms with Crippen LogP contribution in [0.3, 0.4) is 0 Å². The third-order valence-electron chi connectivity index (χ3n) is 7.05. The number of hydrogen-bond acceptors (Lipinski definition) is 6. The molecule has 3 radical (unpaired) electrons. The molecule has 0 spiro atoms. The molecule has 0 amide bonds. The smallest absolute Gasteiger partial charge is 1.00 e. The van der Waals surface area contributed by atoms with Gasteiger partial charge in [-0.2, -0.15) is 0 Å². The van der Waals surface area contributed by atoms with E-state index in [-0.39, 0.29) is 102 Å². The maximum atomic E-state index is 14.4. The van der Waals surface area contributed by atoms with Crippen molar-refractivity contribution < 1.29 is 39.8 Å². The number of aliphatic imine (C=N–C) groups is 1. The zero-order valence-corrected chi connectivity index (χ0v) is 32.4. The van der Waals surface area contributed by atoms with Gasteiger partial charge in [-0.1, -0.05) is 22.3 Å². The number of anilines is 1. The number of nitrogens with zero attached hydrogens (tertiary/aromatic N) is 6. The number of hydrogen-bond donors (Lipinski definition) is 1. The molecule has 1 N–H and O–H groups in total. The van der Waals surface area contributed by atoms with E-state index in [1.807, 2.05) is 45.2 Å². The van der Waals surface area contributed by atoms with Crippen LogP contribution < -0.4 is 57.4 Å². The number of nitrogens with one attached hydrogen (secondary N) is 1. The van der Waals surface area contributed by atoms with Gasteiger partial charge in [0, 0.05) is 60.9 Å². The molecule has 0 saturated heterocycles. The first-order chi connectivity index (χ1) is 21.4. The summed E-state index contributed by atoms with van der Waals surface area (Å²) in [7, 11) is 5.13. The first kappa shape index (κ1) is 47.5. The van der Waals surface area contributed by atoms with E-state index in [0.29, 0.717) is 0 Å². The first-order valence-corrected chi connectivity index (χ1v) is 16.1. The van der Waals surface area contributed by atoms with Crippen molar-refractivity contribution in [3.63, 3.8) is 0 Å². The summed E-state index contributed by atoms with van der Waals surface area (Å²) in [5.74, 6) is -0.648. The van der Waals surface area contributed by atoms with Gasteiger partial charge in [-0.15, -0.1) is 0 Å². The van der Waals surface area contributed by atoms with Crippen LogP contribution in [0.1, 0.15) is 61.5 Å². The third-order valence-corrected chi connectivity index (χ3v) is 8.40. The zero-order valence-electron chi connectivity index (χ0n) is 27.1. The Morgan fingerprint density at radius 3 is 1.60 bits per heavy atom. The Morgan fingerprint density at radius 2 is 1.20 bits per heavy atom. The van der Waals surface area contributed by atoms with E-state index in [9.17, 15) is 28.0 Å². The van der Waals surface area contributed by atoms with E-state index >= 15 is 0 Å². The van der Waals surface area contributed by atoms with Gasteiger partial charge in [0.2, 0.25) is 0 Å². The molecule has 6 rings (SSSR count). The van der Waals surface area contributed by atoms with E-state index in [1.165, 1.54) is 50.4 Å². The maximum absolute atomic E-state index is 14.4. The number of rotatable bonds is 7. The molecule has 0 unspecified atom stereocenters. The summed E-state index contributed by atoms with van der Waals surface area (Å²) < 4.78 is 34.9. The van der Waals surface area contributed by atoms with Gasteiger partial charge in [-0.25, -0.2) is 32.5 Å². The average molecular weight is 926 g/mol. The van der Waals surface area contributed by atoms with Crippen LogP contribution in [-0.2, 0) is 0 Å². The van der Waals surface area contributed by atoms with E-state index in [0.717, 1.165) is 37.4 Å². The van der Waals surface area contributed by atoms with Crippen molar-refractivity contribution in [1.29, 1.82) is 0 Å². The summed E-state index contributed by atoms with van der Waals surface area (Å²) >= 11 is 4.00. The third kappa shape index (κ3) is 10.5. The Bertz CT molecular complexity index is 2070. The minimum Gasteiger partial charge on any atom is -1.00 e. The van der Waals surface area contributed by atoms with E-state index in [4.69, 9.17) is 0 Å². The second-order valence-electron chi connectivity index (χ2n) is 10.8. The van der Waals surface area contributed by atoms with E-state index in [1.54, 1.807) is 44.2 Å². The molecule has 2 aromatic carbocycles. The van der Waals surface area contributed by atoms with Crippen molar-refractivity contribution in [2.75, 3.05) is 26.5 Å². The van der Waals surface area contributed by atoms with Gasteiger partial charge in [0.05, 0.1) is 17.7 Å². The van der Waals surface area contributed by atoms with Crippen LogP contribution in [0, 0.1) is 18.8 Å². The van der Waals surface area contributed by atoms with Crippen molar-refractivity contribution >= 4 is 71.6 Å². The Balaban J connectivity index is 0. The van der Waals surface area contributed by atoms with Crippen LogP contribution >= 0.6 is 45.2 Å². The normalized spacial score (nSPS) is 12.9. The van der Waals surface area contributed by atoms with E-state index in [2.05, 4.69) is 10.3 Å². The van der Waals surface area contributed by atoms with Crippen molar-refractivity contribution in [3.8, 4) is 11.4 Å². The topological polar surface area (TPSA) is 116 Å². The summed E-state index contributed by atoms with van der Waals surface area (Å²) in [5.41, 5.74) is -1.60. The molecule has 2 fully saturated rings. The van der Waals surface area contributed by atoms with Crippen LogP contribution in [0.5, 0.6) is 0 Å². The van der Waals surface area contributed by atoms with Gasteiger partial charge < -0.3 is 11.6 Å². The summed E-state index contributed by atoms with van der Waals surface area (Å²) in [6, 6.07) is 11.6. The van der Waals surface area contributed by atoms with Crippen molar-refractivity contribution in [1.82, 2.24) is 23.2 Å². The second kappa shape index (κ2) is 19.9. The molecule has 0 bridgehead atoms. The summed E-state index contributed by atoms with van der Waals surface area (Å²) in [6.45, 7) is 0.